The molecule has 1 aromatic heterocycles. The normalized spacial score (nSPS) is 11.5. The van der Waals surface area contributed by atoms with Crippen LogP contribution in [0.4, 0.5) is 18.9 Å². The maximum atomic E-state index is 13.0. The summed E-state index contributed by atoms with van der Waals surface area (Å²) in [4.78, 5) is 3.67. The van der Waals surface area contributed by atoms with Gasteiger partial charge in [-0.05, 0) is 54.1 Å². The number of anilines is 1. The fourth-order valence-electron chi connectivity index (χ4n) is 2.12. The van der Waals surface area contributed by atoms with E-state index in [9.17, 15) is 13.2 Å². The van der Waals surface area contributed by atoms with Crippen LogP contribution in [-0.4, -0.2) is 11.2 Å². The van der Waals surface area contributed by atoms with E-state index < -0.39 is 17.6 Å². The Hall–Kier alpha value is -3.35. The molecule has 1 N–H and O–H groups in total. The molecule has 1 heterocycles. The summed E-state index contributed by atoms with van der Waals surface area (Å²) in [6.45, 7) is 0. The van der Waals surface area contributed by atoms with Gasteiger partial charge in [0.15, 0.2) is 0 Å². The predicted molar refractivity (Wildman–Crippen MR) is 93.4 cm³/mol. The molecule has 0 bridgehead atoms. The van der Waals surface area contributed by atoms with Crippen LogP contribution in [0.15, 0.2) is 78.0 Å². The van der Waals surface area contributed by atoms with E-state index in [1.807, 2.05) is 30.3 Å². The number of rotatable bonds is 5. The van der Waals surface area contributed by atoms with E-state index in [1.165, 1.54) is 12.3 Å². The molecule has 0 aliphatic rings. The Morgan fingerprint density at radius 1 is 0.923 bits per heavy atom. The second kappa shape index (κ2) is 7.69. The van der Waals surface area contributed by atoms with Gasteiger partial charge in [-0.1, -0.05) is 18.2 Å². The van der Waals surface area contributed by atoms with Crippen molar-refractivity contribution in [3.8, 4) is 11.6 Å². The minimum absolute atomic E-state index is 0.252. The number of nitrogens with one attached hydrogen (secondary N) is 1. The summed E-state index contributed by atoms with van der Waals surface area (Å²) in [5.74, 6) is -0.227. The number of para-hydroxylation sites is 1. The van der Waals surface area contributed by atoms with Gasteiger partial charge in [0.1, 0.15) is 11.3 Å². The first-order chi connectivity index (χ1) is 12.5. The number of ether oxygens (including phenoxy) is 1. The van der Waals surface area contributed by atoms with Crippen molar-refractivity contribution in [1.82, 2.24) is 4.98 Å². The lowest BCUT2D eigenvalue weighted by Crippen LogP contribution is -2.08. The monoisotopic (exact) mass is 357 g/mol. The molecule has 0 aliphatic carbocycles. The Morgan fingerprint density at radius 3 is 2.35 bits per heavy atom. The molecular formula is C19H14F3N3O. The molecule has 0 saturated carbocycles. The summed E-state index contributed by atoms with van der Waals surface area (Å²) >= 11 is 0. The fraction of sp³-hybridized carbons (Fsp3) is 0.0526. The average molecular weight is 357 g/mol. The van der Waals surface area contributed by atoms with Crippen molar-refractivity contribution in [2.75, 3.05) is 5.43 Å². The van der Waals surface area contributed by atoms with Crippen molar-refractivity contribution in [3.63, 3.8) is 0 Å². The zero-order valence-electron chi connectivity index (χ0n) is 13.4. The fourth-order valence-corrected chi connectivity index (χ4v) is 2.12. The van der Waals surface area contributed by atoms with Gasteiger partial charge in [0.05, 0.1) is 11.9 Å². The quantitative estimate of drug-likeness (QED) is 0.495. The van der Waals surface area contributed by atoms with Gasteiger partial charge >= 0.3 is 6.18 Å². The third kappa shape index (κ3) is 4.60. The second-order valence-corrected chi connectivity index (χ2v) is 5.26. The number of alkyl halides is 3. The molecule has 0 unspecified atom stereocenters. The first-order valence-electron chi connectivity index (χ1n) is 7.66. The van der Waals surface area contributed by atoms with Gasteiger partial charge in [-0.25, -0.2) is 4.98 Å². The smallest absolute Gasteiger partial charge is 0.421 e. The van der Waals surface area contributed by atoms with Crippen molar-refractivity contribution >= 4 is 11.9 Å². The summed E-state index contributed by atoms with van der Waals surface area (Å²) in [5.41, 5.74) is 3.56. The average Bonchev–Trinajstić information content (AvgIpc) is 2.64. The Balaban J connectivity index is 1.67. The Morgan fingerprint density at radius 2 is 1.65 bits per heavy atom. The Labute approximate surface area is 148 Å². The maximum absolute atomic E-state index is 13.0. The minimum atomic E-state index is -4.53. The zero-order valence-corrected chi connectivity index (χ0v) is 13.4. The molecular weight excluding hydrogens is 343 g/mol. The molecule has 0 radical (unpaired) electrons. The van der Waals surface area contributed by atoms with Crippen LogP contribution in [0.2, 0.25) is 0 Å². The van der Waals surface area contributed by atoms with Crippen LogP contribution in [0.3, 0.4) is 0 Å². The van der Waals surface area contributed by atoms with Crippen LogP contribution in [0.1, 0.15) is 11.1 Å². The van der Waals surface area contributed by atoms with Gasteiger partial charge in [0.2, 0.25) is 5.88 Å². The standard InChI is InChI=1S/C19H14F3N3O/c20-19(21,22)17-7-4-12-23-18(17)26-16-10-8-14(9-11-16)13-24-25-15-5-2-1-3-6-15/h1-13,25H. The first kappa shape index (κ1) is 17.5. The van der Waals surface area contributed by atoms with Gasteiger partial charge in [-0.15, -0.1) is 0 Å². The molecule has 0 aliphatic heterocycles. The van der Waals surface area contributed by atoms with Gasteiger partial charge < -0.3 is 4.74 Å². The van der Waals surface area contributed by atoms with Gasteiger partial charge in [-0.3, -0.25) is 5.43 Å². The number of hydrogen-bond acceptors (Lipinski definition) is 4. The molecule has 0 saturated heterocycles. The lowest BCUT2D eigenvalue weighted by Gasteiger charge is -2.12. The number of hydrazone groups is 1. The molecule has 0 spiro atoms. The van der Waals surface area contributed by atoms with Crippen LogP contribution in [0.25, 0.3) is 0 Å². The van der Waals surface area contributed by atoms with E-state index in [1.54, 1.807) is 30.5 Å². The zero-order chi connectivity index (χ0) is 18.4. The van der Waals surface area contributed by atoms with Crippen LogP contribution >= 0.6 is 0 Å². The Kier molecular flexibility index (Phi) is 5.17. The molecule has 26 heavy (non-hydrogen) atoms. The van der Waals surface area contributed by atoms with Crippen molar-refractivity contribution in [1.29, 1.82) is 0 Å². The molecule has 132 valence electrons. The van der Waals surface area contributed by atoms with Crippen LogP contribution in [0.5, 0.6) is 11.6 Å². The number of nitrogens with zero attached hydrogens (tertiary/aromatic N) is 2. The highest BCUT2D eigenvalue weighted by molar-refractivity contribution is 5.80. The number of pyridine rings is 1. The summed E-state index contributed by atoms with van der Waals surface area (Å²) in [5, 5.41) is 4.09. The summed E-state index contributed by atoms with van der Waals surface area (Å²) in [6, 6.07) is 18.0. The third-order valence-electron chi connectivity index (χ3n) is 3.35. The van der Waals surface area contributed by atoms with E-state index in [4.69, 9.17) is 4.74 Å². The number of benzene rings is 2. The highest BCUT2D eigenvalue weighted by atomic mass is 19.4. The summed E-state index contributed by atoms with van der Waals surface area (Å²) < 4.78 is 44.1. The van der Waals surface area contributed by atoms with Crippen molar-refractivity contribution in [3.05, 3.63) is 84.1 Å². The minimum Gasteiger partial charge on any atom is -0.438 e. The van der Waals surface area contributed by atoms with E-state index in [-0.39, 0.29) is 5.75 Å². The number of aromatic nitrogens is 1. The molecule has 0 atom stereocenters. The molecule has 4 nitrogen and oxygen atoms in total. The van der Waals surface area contributed by atoms with Gasteiger partial charge in [0, 0.05) is 6.20 Å². The number of halogens is 3. The SMILES string of the molecule is FC(F)(F)c1cccnc1Oc1ccc(C=NNc2ccccc2)cc1. The van der Waals surface area contributed by atoms with Crippen LogP contribution < -0.4 is 10.2 Å². The highest BCUT2D eigenvalue weighted by Crippen LogP contribution is 2.36. The van der Waals surface area contributed by atoms with Crippen LogP contribution in [0, 0.1) is 0 Å². The molecule has 0 amide bonds. The first-order valence-corrected chi connectivity index (χ1v) is 7.66. The van der Waals surface area contributed by atoms with E-state index in [0.29, 0.717) is 0 Å². The van der Waals surface area contributed by atoms with Gasteiger partial charge in [0.25, 0.3) is 0 Å². The largest absolute Gasteiger partial charge is 0.438 e. The summed E-state index contributed by atoms with van der Waals surface area (Å²) in [6.07, 6.45) is -1.68. The van der Waals surface area contributed by atoms with E-state index in [2.05, 4.69) is 15.5 Å². The van der Waals surface area contributed by atoms with E-state index in [0.717, 1.165) is 17.3 Å². The third-order valence-corrected chi connectivity index (χ3v) is 3.35. The Bertz CT molecular complexity index is 879. The molecule has 3 rings (SSSR count). The second-order valence-electron chi connectivity index (χ2n) is 5.26. The maximum Gasteiger partial charge on any atom is 0.421 e. The van der Waals surface area contributed by atoms with Crippen molar-refractivity contribution in [2.45, 2.75) is 6.18 Å². The molecule has 2 aromatic carbocycles. The van der Waals surface area contributed by atoms with Gasteiger partial charge in [-0.2, -0.15) is 18.3 Å². The van der Waals surface area contributed by atoms with Crippen molar-refractivity contribution in [2.24, 2.45) is 5.10 Å². The summed E-state index contributed by atoms with van der Waals surface area (Å²) in [7, 11) is 0. The van der Waals surface area contributed by atoms with E-state index >= 15 is 0 Å². The lowest BCUT2D eigenvalue weighted by atomic mass is 10.2. The van der Waals surface area contributed by atoms with Crippen molar-refractivity contribution < 1.29 is 17.9 Å². The van der Waals surface area contributed by atoms with Crippen LogP contribution in [-0.2, 0) is 6.18 Å². The molecule has 7 heteroatoms. The topological polar surface area (TPSA) is 46.5 Å². The number of hydrogen-bond donors (Lipinski definition) is 1. The predicted octanol–water partition coefficient (Wildman–Crippen LogP) is 5.34. The molecule has 3 aromatic rings. The molecule has 0 fully saturated rings. The highest BCUT2D eigenvalue weighted by Gasteiger charge is 2.35. The lowest BCUT2D eigenvalue weighted by molar-refractivity contribution is -0.138.